The van der Waals surface area contributed by atoms with E-state index in [1.54, 1.807) is 36.4 Å². The van der Waals surface area contributed by atoms with Gasteiger partial charge in [-0.1, -0.05) is 64.6 Å². The fourth-order valence-corrected chi connectivity index (χ4v) is 5.34. The number of hydrogen-bond acceptors (Lipinski definition) is 5. The number of ether oxygens (including phenoxy) is 2. The summed E-state index contributed by atoms with van der Waals surface area (Å²) >= 11 is 25.7. The van der Waals surface area contributed by atoms with Crippen LogP contribution in [0.2, 0.25) is 20.1 Å². The molecule has 5 nitrogen and oxygen atoms in total. The van der Waals surface area contributed by atoms with E-state index in [1.165, 1.54) is 4.90 Å². The number of carbonyl (C=O) groups is 2. The van der Waals surface area contributed by atoms with Gasteiger partial charge in [-0.25, -0.2) is 0 Å². The second-order valence-corrected chi connectivity index (χ2v) is 10.9. The number of halogens is 4. The minimum atomic E-state index is -0.397. The summed E-state index contributed by atoms with van der Waals surface area (Å²) in [4.78, 5) is 26.8. The summed E-state index contributed by atoms with van der Waals surface area (Å²) in [6.45, 7) is 4.42. The van der Waals surface area contributed by atoms with Crippen molar-refractivity contribution < 1.29 is 19.1 Å². The lowest BCUT2D eigenvalue weighted by Gasteiger charge is -2.14. The fraction of sp³-hybridized carbons (Fsp3) is 0.185. The number of rotatable bonds is 8. The molecule has 1 aliphatic heterocycles. The number of nitrogens with zero attached hydrogens (tertiary/aromatic N) is 1. The molecule has 0 spiro atoms. The number of carbonyl (C=O) groups excluding carboxylic acids is 2. The molecule has 0 atom stereocenters. The lowest BCUT2D eigenvalue weighted by atomic mass is 10.1. The SMILES string of the molecule is Cc1ccc(C)c(OCCN2C(=O)S/C(=C\c3cc(Cl)c(OCc4ccc(Cl)c(Cl)c4)c(Cl)c3)C2=O)c1. The number of aryl methyl sites for hydroxylation is 2. The van der Waals surface area contributed by atoms with E-state index in [1.807, 2.05) is 32.0 Å². The molecule has 0 radical (unpaired) electrons. The lowest BCUT2D eigenvalue weighted by Crippen LogP contribution is -2.32. The molecule has 0 N–H and O–H groups in total. The lowest BCUT2D eigenvalue weighted by molar-refractivity contribution is -0.123. The van der Waals surface area contributed by atoms with Gasteiger partial charge in [0.2, 0.25) is 0 Å². The second-order valence-electron chi connectivity index (χ2n) is 8.30. The maximum Gasteiger partial charge on any atom is 0.293 e. The summed E-state index contributed by atoms with van der Waals surface area (Å²) in [7, 11) is 0. The van der Waals surface area contributed by atoms with Crippen molar-refractivity contribution in [2.24, 2.45) is 0 Å². The van der Waals surface area contributed by atoms with Crippen LogP contribution in [0.15, 0.2) is 53.4 Å². The van der Waals surface area contributed by atoms with E-state index in [9.17, 15) is 9.59 Å². The monoisotopic (exact) mass is 595 g/mol. The number of benzene rings is 3. The van der Waals surface area contributed by atoms with Crippen molar-refractivity contribution in [1.29, 1.82) is 0 Å². The third-order valence-corrected chi connectivity index (χ3v) is 7.68. The van der Waals surface area contributed by atoms with Gasteiger partial charge in [-0.15, -0.1) is 0 Å². The summed E-state index contributed by atoms with van der Waals surface area (Å²) in [5.41, 5.74) is 3.41. The molecule has 2 amide bonds. The molecule has 3 aromatic carbocycles. The zero-order valence-electron chi connectivity index (χ0n) is 19.8. The molecule has 0 unspecified atom stereocenters. The highest BCUT2D eigenvalue weighted by Gasteiger charge is 2.35. The van der Waals surface area contributed by atoms with E-state index in [0.29, 0.717) is 21.4 Å². The first kappa shape index (κ1) is 27.7. The van der Waals surface area contributed by atoms with Crippen LogP contribution in [0.3, 0.4) is 0 Å². The van der Waals surface area contributed by atoms with Crippen molar-refractivity contribution in [3.05, 3.63) is 95.8 Å². The van der Waals surface area contributed by atoms with Gasteiger partial charge in [-0.2, -0.15) is 0 Å². The van der Waals surface area contributed by atoms with E-state index in [0.717, 1.165) is 34.2 Å². The maximum atomic E-state index is 12.9. The largest absolute Gasteiger partial charge is 0.491 e. The molecule has 3 aromatic rings. The first-order valence-electron chi connectivity index (χ1n) is 11.1. The quantitative estimate of drug-likeness (QED) is 0.244. The Balaban J connectivity index is 1.41. The molecule has 37 heavy (non-hydrogen) atoms. The van der Waals surface area contributed by atoms with Crippen molar-refractivity contribution in [3.63, 3.8) is 0 Å². The molecule has 1 aliphatic rings. The highest BCUT2D eigenvalue weighted by molar-refractivity contribution is 8.18. The average Bonchev–Trinajstić information content (AvgIpc) is 3.10. The molecule has 0 bridgehead atoms. The predicted molar refractivity (Wildman–Crippen MR) is 151 cm³/mol. The minimum Gasteiger partial charge on any atom is -0.491 e. The van der Waals surface area contributed by atoms with Crippen molar-refractivity contribution in [2.45, 2.75) is 20.5 Å². The topological polar surface area (TPSA) is 55.8 Å². The Morgan fingerprint density at radius 3 is 2.30 bits per heavy atom. The highest BCUT2D eigenvalue weighted by atomic mass is 35.5. The zero-order chi connectivity index (χ0) is 26.7. The van der Waals surface area contributed by atoms with Crippen LogP contribution in [0, 0.1) is 13.8 Å². The molecular weight excluding hydrogens is 576 g/mol. The van der Waals surface area contributed by atoms with Crippen LogP contribution in [0.25, 0.3) is 6.08 Å². The van der Waals surface area contributed by atoms with Crippen molar-refractivity contribution in [3.8, 4) is 11.5 Å². The Labute approximate surface area is 239 Å². The molecule has 1 fully saturated rings. The van der Waals surface area contributed by atoms with E-state index < -0.39 is 5.91 Å². The number of thioether (sulfide) groups is 1. The summed E-state index contributed by atoms with van der Waals surface area (Å²) in [5, 5.41) is 1.03. The molecule has 4 rings (SSSR count). The van der Waals surface area contributed by atoms with Gasteiger partial charge >= 0.3 is 0 Å². The smallest absolute Gasteiger partial charge is 0.293 e. The Morgan fingerprint density at radius 2 is 1.59 bits per heavy atom. The van der Waals surface area contributed by atoms with Gasteiger partial charge in [0.05, 0.1) is 31.5 Å². The fourth-order valence-electron chi connectivity index (χ4n) is 3.54. The second kappa shape index (κ2) is 12.0. The standard InChI is InChI=1S/C27H21Cl4NO4S/c1-15-3-4-16(2)23(9-15)35-8-7-32-26(33)24(37-27(32)34)13-18-11-21(30)25(22(31)12-18)36-14-17-5-6-19(28)20(29)10-17/h3-6,9-13H,7-8,14H2,1-2H3/b24-13-. The molecule has 192 valence electrons. The van der Waals surface area contributed by atoms with Crippen molar-refractivity contribution in [1.82, 2.24) is 4.90 Å². The molecule has 0 saturated carbocycles. The van der Waals surface area contributed by atoms with Crippen LogP contribution in [0.5, 0.6) is 11.5 Å². The third-order valence-electron chi connectivity index (χ3n) is 5.48. The highest BCUT2D eigenvalue weighted by Crippen LogP contribution is 2.38. The molecular formula is C27H21Cl4NO4S. The van der Waals surface area contributed by atoms with Crippen molar-refractivity contribution >= 4 is 75.4 Å². The Hall–Kier alpha value is -2.35. The normalized spacial score (nSPS) is 14.5. The van der Waals surface area contributed by atoms with Gasteiger partial charge in [-0.05, 0) is 84.3 Å². The number of hydrogen-bond donors (Lipinski definition) is 0. The van der Waals surface area contributed by atoms with Crippen LogP contribution >= 0.6 is 58.2 Å². The van der Waals surface area contributed by atoms with Crippen LogP contribution in [-0.4, -0.2) is 29.2 Å². The van der Waals surface area contributed by atoms with E-state index in [2.05, 4.69) is 0 Å². The summed E-state index contributed by atoms with van der Waals surface area (Å²) in [6.07, 6.45) is 1.58. The Morgan fingerprint density at radius 1 is 0.865 bits per heavy atom. The van der Waals surface area contributed by atoms with Crippen LogP contribution in [-0.2, 0) is 11.4 Å². The van der Waals surface area contributed by atoms with Crippen LogP contribution < -0.4 is 9.47 Å². The predicted octanol–water partition coefficient (Wildman–Crippen LogP) is 8.61. The average molecular weight is 597 g/mol. The van der Waals surface area contributed by atoms with Crippen LogP contribution in [0.4, 0.5) is 4.79 Å². The first-order chi connectivity index (χ1) is 17.6. The number of imide groups is 1. The maximum absolute atomic E-state index is 12.9. The summed E-state index contributed by atoms with van der Waals surface area (Å²) in [5.74, 6) is 0.628. The molecule has 1 saturated heterocycles. The van der Waals surface area contributed by atoms with Gasteiger partial charge in [0.1, 0.15) is 19.0 Å². The first-order valence-corrected chi connectivity index (χ1v) is 13.5. The van der Waals surface area contributed by atoms with Gasteiger partial charge in [0.15, 0.2) is 5.75 Å². The minimum absolute atomic E-state index is 0.137. The van der Waals surface area contributed by atoms with Gasteiger partial charge in [0, 0.05) is 0 Å². The van der Waals surface area contributed by atoms with Gasteiger partial charge in [-0.3, -0.25) is 14.5 Å². The third kappa shape index (κ3) is 6.75. The molecule has 0 aliphatic carbocycles. The summed E-state index contributed by atoms with van der Waals surface area (Å²) < 4.78 is 11.6. The van der Waals surface area contributed by atoms with E-state index in [4.69, 9.17) is 55.9 Å². The van der Waals surface area contributed by atoms with Gasteiger partial charge < -0.3 is 9.47 Å². The molecule has 1 heterocycles. The van der Waals surface area contributed by atoms with E-state index in [-0.39, 0.29) is 39.9 Å². The van der Waals surface area contributed by atoms with Crippen molar-refractivity contribution in [2.75, 3.05) is 13.2 Å². The molecule has 0 aromatic heterocycles. The molecule has 10 heteroatoms. The van der Waals surface area contributed by atoms with Crippen LogP contribution in [0.1, 0.15) is 22.3 Å². The Kier molecular flexibility index (Phi) is 8.98. The Bertz CT molecular complexity index is 1390. The van der Waals surface area contributed by atoms with E-state index >= 15 is 0 Å². The number of amides is 2. The zero-order valence-corrected chi connectivity index (χ0v) is 23.7. The van der Waals surface area contributed by atoms with Gasteiger partial charge in [0.25, 0.3) is 11.1 Å². The summed E-state index contributed by atoms with van der Waals surface area (Å²) in [6, 6.07) is 14.3.